The molecule has 1 N–H and O–H groups in total. The third-order valence-corrected chi connectivity index (χ3v) is 2.51. The minimum absolute atomic E-state index is 0.0163. The van der Waals surface area contributed by atoms with Crippen molar-refractivity contribution in [1.29, 1.82) is 5.26 Å². The van der Waals surface area contributed by atoms with Crippen LogP contribution in [0.25, 0.3) is 0 Å². The molecule has 108 valence electrons. The molecule has 0 bridgehead atoms. The van der Waals surface area contributed by atoms with Crippen LogP contribution in [0.4, 0.5) is 8.78 Å². The second kappa shape index (κ2) is 7.40. The minimum Gasteiger partial charge on any atom is -0.466 e. The van der Waals surface area contributed by atoms with E-state index >= 15 is 0 Å². The predicted molar refractivity (Wildman–Crippen MR) is 64.0 cm³/mol. The van der Waals surface area contributed by atoms with E-state index in [1.807, 2.05) is 6.07 Å². The van der Waals surface area contributed by atoms with Gasteiger partial charge in [-0.2, -0.15) is 14.0 Å². The van der Waals surface area contributed by atoms with Gasteiger partial charge in [-0.15, -0.1) is 0 Å². The fourth-order valence-corrected chi connectivity index (χ4v) is 1.71. The molecule has 0 aliphatic heterocycles. The van der Waals surface area contributed by atoms with E-state index in [4.69, 9.17) is 10.00 Å². The Hall–Kier alpha value is -2.20. The van der Waals surface area contributed by atoms with Crippen molar-refractivity contribution in [2.75, 3.05) is 6.61 Å². The first-order valence-corrected chi connectivity index (χ1v) is 5.79. The van der Waals surface area contributed by atoms with Crippen LogP contribution in [0.1, 0.15) is 23.6 Å². The van der Waals surface area contributed by atoms with Crippen molar-refractivity contribution in [3.8, 4) is 11.8 Å². The van der Waals surface area contributed by atoms with E-state index in [-0.39, 0.29) is 35.5 Å². The molecule has 0 radical (unpaired) electrons. The number of hydrogen-bond acceptors (Lipinski definition) is 5. The number of aliphatic hydroxyl groups excluding tert-OH is 1. The second-order valence-corrected chi connectivity index (χ2v) is 3.70. The number of esters is 1. The maximum absolute atomic E-state index is 12.3. The van der Waals surface area contributed by atoms with E-state index in [9.17, 15) is 18.7 Å². The molecule has 1 aromatic carbocycles. The van der Waals surface area contributed by atoms with Crippen LogP contribution < -0.4 is 4.74 Å². The average Bonchev–Trinajstić information content (AvgIpc) is 2.39. The van der Waals surface area contributed by atoms with Crippen molar-refractivity contribution in [1.82, 2.24) is 0 Å². The molecule has 1 rings (SSSR count). The highest BCUT2D eigenvalue weighted by Gasteiger charge is 2.19. The molecule has 5 nitrogen and oxygen atoms in total. The zero-order valence-corrected chi connectivity index (χ0v) is 10.7. The van der Waals surface area contributed by atoms with Crippen LogP contribution in [0, 0.1) is 11.3 Å². The molecule has 0 unspecified atom stereocenters. The van der Waals surface area contributed by atoms with E-state index < -0.39 is 19.2 Å². The molecule has 0 aliphatic carbocycles. The van der Waals surface area contributed by atoms with Crippen LogP contribution in [0.3, 0.4) is 0 Å². The predicted octanol–water partition coefficient (Wildman–Crippen LogP) is 1.76. The van der Waals surface area contributed by atoms with Crippen LogP contribution in [0.15, 0.2) is 12.1 Å². The molecule has 0 aliphatic rings. The van der Waals surface area contributed by atoms with E-state index in [1.165, 1.54) is 6.07 Å². The summed E-state index contributed by atoms with van der Waals surface area (Å²) in [6, 6.07) is 4.25. The first-order chi connectivity index (χ1) is 9.53. The third-order valence-electron chi connectivity index (χ3n) is 2.51. The van der Waals surface area contributed by atoms with Crippen molar-refractivity contribution < 1.29 is 28.2 Å². The number of rotatable bonds is 6. The zero-order chi connectivity index (χ0) is 15.1. The molecule has 0 fully saturated rings. The monoisotopic (exact) mass is 285 g/mol. The number of ether oxygens (including phenoxy) is 2. The first kappa shape index (κ1) is 15.9. The molecule has 0 amide bonds. The van der Waals surface area contributed by atoms with Gasteiger partial charge in [-0.25, -0.2) is 0 Å². The summed E-state index contributed by atoms with van der Waals surface area (Å²) in [5.41, 5.74) is 0.215. The lowest BCUT2D eigenvalue weighted by Crippen LogP contribution is -2.13. The Morgan fingerprint density at radius 1 is 1.45 bits per heavy atom. The van der Waals surface area contributed by atoms with Gasteiger partial charge in [0.1, 0.15) is 5.75 Å². The van der Waals surface area contributed by atoms with E-state index in [2.05, 4.69) is 4.74 Å². The Balaban J connectivity index is 3.22. The highest BCUT2D eigenvalue weighted by molar-refractivity contribution is 5.74. The van der Waals surface area contributed by atoms with Crippen molar-refractivity contribution in [2.24, 2.45) is 0 Å². The summed E-state index contributed by atoms with van der Waals surface area (Å²) in [7, 11) is 0. The number of halogens is 2. The summed E-state index contributed by atoms with van der Waals surface area (Å²) in [5.74, 6) is -0.881. The van der Waals surface area contributed by atoms with Crippen molar-refractivity contribution in [3.63, 3.8) is 0 Å². The zero-order valence-electron chi connectivity index (χ0n) is 10.7. The number of alkyl halides is 2. The van der Waals surface area contributed by atoms with Gasteiger partial charge in [0, 0.05) is 5.56 Å². The highest BCUT2D eigenvalue weighted by Crippen LogP contribution is 2.27. The number of nitriles is 1. The lowest BCUT2D eigenvalue weighted by atomic mass is 9.98. The largest absolute Gasteiger partial charge is 0.466 e. The third kappa shape index (κ3) is 3.90. The fraction of sp³-hybridized carbons (Fsp3) is 0.385. The maximum Gasteiger partial charge on any atom is 0.387 e. The number of carbonyl (C=O) groups excluding carboxylic acids is 1. The summed E-state index contributed by atoms with van der Waals surface area (Å²) in [4.78, 5) is 11.5. The summed E-state index contributed by atoms with van der Waals surface area (Å²) < 4.78 is 33.6. The normalized spacial score (nSPS) is 10.2. The highest BCUT2D eigenvalue weighted by atomic mass is 19.3. The van der Waals surface area contributed by atoms with Gasteiger partial charge < -0.3 is 14.6 Å². The standard InChI is InChI=1S/C13H13F2NO4/c1-2-19-12(18)5-9-8(6-16)3-4-11(10(9)7-17)20-13(14)15/h3-4,13,17H,2,5,7H2,1H3. The van der Waals surface area contributed by atoms with Gasteiger partial charge in [-0.05, 0) is 24.6 Å². The quantitative estimate of drug-likeness (QED) is 0.806. The van der Waals surface area contributed by atoms with E-state index in [0.29, 0.717) is 0 Å². The summed E-state index contributed by atoms with van der Waals surface area (Å²) in [6.07, 6.45) is -0.299. The van der Waals surface area contributed by atoms with Gasteiger partial charge in [0.25, 0.3) is 0 Å². The molecule has 0 saturated heterocycles. The molecule has 0 spiro atoms. The molecule has 0 aromatic heterocycles. The topological polar surface area (TPSA) is 79.6 Å². The van der Waals surface area contributed by atoms with E-state index in [0.717, 1.165) is 6.07 Å². The average molecular weight is 285 g/mol. The van der Waals surface area contributed by atoms with Crippen LogP contribution in [-0.4, -0.2) is 24.3 Å². The summed E-state index contributed by atoms with van der Waals surface area (Å²) in [6.45, 7) is -1.93. The number of nitrogens with zero attached hydrogens (tertiary/aromatic N) is 1. The molecule has 0 saturated carbocycles. The maximum atomic E-state index is 12.3. The van der Waals surface area contributed by atoms with Gasteiger partial charge in [0.2, 0.25) is 0 Å². The second-order valence-electron chi connectivity index (χ2n) is 3.70. The molecule has 20 heavy (non-hydrogen) atoms. The summed E-state index contributed by atoms with van der Waals surface area (Å²) in [5, 5.41) is 18.3. The van der Waals surface area contributed by atoms with Crippen LogP contribution in [-0.2, 0) is 22.6 Å². The lowest BCUT2D eigenvalue weighted by Gasteiger charge is -2.14. The summed E-state index contributed by atoms with van der Waals surface area (Å²) >= 11 is 0. The molecule has 0 atom stereocenters. The minimum atomic E-state index is -3.07. The van der Waals surface area contributed by atoms with Crippen LogP contribution in [0.5, 0.6) is 5.75 Å². The Kier molecular flexibility index (Phi) is 5.87. The smallest absolute Gasteiger partial charge is 0.387 e. The number of hydrogen-bond donors (Lipinski definition) is 1. The molecular formula is C13H13F2NO4. The Morgan fingerprint density at radius 3 is 2.65 bits per heavy atom. The Labute approximate surface area is 114 Å². The Bertz CT molecular complexity index is 526. The molecule has 1 aromatic rings. The SMILES string of the molecule is CCOC(=O)Cc1c(C#N)ccc(OC(F)F)c1CO. The molecule has 7 heteroatoms. The molecular weight excluding hydrogens is 272 g/mol. The number of benzene rings is 1. The van der Waals surface area contributed by atoms with Crippen LogP contribution >= 0.6 is 0 Å². The first-order valence-electron chi connectivity index (χ1n) is 5.79. The van der Waals surface area contributed by atoms with Gasteiger partial charge in [0.05, 0.1) is 31.3 Å². The number of carbonyl (C=O) groups is 1. The lowest BCUT2D eigenvalue weighted by molar-refractivity contribution is -0.142. The van der Waals surface area contributed by atoms with Crippen molar-refractivity contribution in [3.05, 3.63) is 28.8 Å². The number of aliphatic hydroxyl groups is 1. The van der Waals surface area contributed by atoms with E-state index in [1.54, 1.807) is 6.92 Å². The van der Waals surface area contributed by atoms with Crippen molar-refractivity contribution >= 4 is 5.97 Å². The molecule has 0 heterocycles. The van der Waals surface area contributed by atoms with Crippen LogP contribution in [0.2, 0.25) is 0 Å². The van der Waals surface area contributed by atoms with Gasteiger partial charge in [-0.1, -0.05) is 0 Å². The fourth-order valence-electron chi connectivity index (χ4n) is 1.71. The van der Waals surface area contributed by atoms with Crippen molar-refractivity contribution in [2.45, 2.75) is 26.6 Å². The van der Waals surface area contributed by atoms with Gasteiger partial charge in [-0.3, -0.25) is 4.79 Å². The van der Waals surface area contributed by atoms with Gasteiger partial charge >= 0.3 is 12.6 Å². The van der Waals surface area contributed by atoms with Gasteiger partial charge in [0.15, 0.2) is 0 Å². The Morgan fingerprint density at radius 2 is 2.15 bits per heavy atom.